The van der Waals surface area contributed by atoms with Crippen LogP contribution in [0.3, 0.4) is 0 Å². The van der Waals surface area contributed by atoms with E-state index in [0.717, 1.165) is 82.2 Å². The third-order valence-corrected chi connectivity index (χ3v) is 6.20. The fourth-order valence-electron chi connectivity index (χ4n) is 4.56. The minimum atomic E-state index is -0.0446. The van der Waals surface area contributed by atoms with Gasteiger partial charge < -0.3 is 15.0 Å². The van der Waals surface area contributed by atoms with Crippen LogP contribution < -0.4 is 10.1 Å². The van der Waals surface area contributed by atoms with Crippen molar-refractivity contribution in [2.45, 2.75) is 70.3 Å². The van der Waals surface area contributed by atoms with Gasteiger partial charge in [-0.2, -0.15) is 0 Å². The molecule has 0 bridgehead atoms. The third kappa shape index (κ3) is 5.49. The Kier molecular flexibility index (Phi) is 7.75. The van der Waals surface area contributed by atoms with Gasteiger partial charge in [-0.05, 0) is 49.8 Å². The number of benzene rings is 1. The van der Waals surface area contributed by atoms with Crippen LogP contribution in [0.5, 0.6) is 5.75 Å². The molecule has 1 saturated heterocycles. The highest BCUT2D eigenvalue weighted by Gasteiger charge is 2.36. The molecule has 0 aromatic heterocycles. The fourth-order valence-corrected chi connectivity index (χ4v) is 4.56. The molecular formula is C23H34N2O3. The average Bonchev–Trinajstić information content (AvgIpc) is 2.77. The molecule has 2 aliphatic rings. The van der Waals surface area contributed by atoms with E-state index in [1.54, 1.807) is 7.11 Å². The highest BCUT2D eigenvalue weighted by molar-refractivity contribution is 5.82. The smallest absolute Gasteiger partial charge is 0.225 e. The first-order valence-electron chi connectivity index (χ1n) is 10.9. The maximum atomic E-state index is 13.2. The van der Waals surface area contributed by atoms with Crippen LogP contribution in [0, 0.1) is 5.92 Å². The van der Waals surface area contributed by atoms with E-state index in [1.165, 1.54) is 0 Å². The van der Waals surface area contributed by atoms with Crippen molar-refractivity contribution in [1.29, 1.82) is 0 Å². The molecule has 1 aliphatic carbocycles. The Morgan fingerprint density at radius 1 is 1.07 bits per heavy atom. The monoisotopic (exact) mass is 386 g/mol. The molecule has 28 heavy (non-hydrogen) atoms. The maximum absolute atomic E-state index is 13.2. The zero-order valence-electron chi connectivity index (χ0n) is 17.1. The van der Waals surface area contributed by atoms with Gasteiger partial charge in [-0.1, -0.05) is 37.8 Å². The van der Waals surface area contributed by atoms with E-state index in [9.17, 15) is 9.59 Å². The molecule has 5 heteroatoms. The van der Waals surface area contributed by atoms with Crippen LogP contribution in [0.4, 0.5) is 0 Å². The van der Waals surface area contributed by atoms with Crippen LogP contribution in [0.2, 0.25) is 0 Å². The van der Waals surface area contributed by atoms with Gasteiger partial charge in [0.25, 0.3) is 0 Å². The molecular weight excluding hydrogens is 352 g/mol. The molecule has 0 unspecified atom stereocenters. The Hall–Kier alpha value is -2.04. The SMILES string of the molecule is COc1ccc(CCC(=O)N2CCCCCCNC(=O)[C@@H]3CCCC[C@@H]32)cc1. The molecule has 0 radical (unpaired) electrons. The van der Waals surface area contributed by atoms with E-state index in [1.807, 2.05) is 24.3 Å². The minimum absolute atomic E-state index is 0.0446. The van der Waals surface area contributed by atoms with Crippen LogP contribution in [-0.4, -0.2) is 43.0 Å². The predicted molar refractivity (Wildman–Crippen MR) is 110 cm³/mol. The average molecular weight is 387 g/mol. The van der Waals surface area contributed by atoms with Gasteiger partial charge in [0.2, 0.25) is 11.8 Å². The first-order chi connectivity index (χ1) is 13.7. The van der Waals surface area contributed by atoms with Crippen molar-refractivity contribution in [1.82, 2.24) is 10.2 Å². The quantitative estimate of drug-likeness (QED) is 0.858. The Morgan fingerprint density at radius 2 is 1.82 bits per heavy atom. The maximum Gasteiger partial charge on any atom is 0.225 e. The first kappa shape index (κ1) is 20.7. The summed E-state index contributed by atoms with van der Waals surface area (Å²) in [6.45, 7) is 1.56. The van der Waals surface area contributed by atoms with Gasteiger partial charge in [-0.15, -0.1) is 0 Å². The molecule has 154 valence electrons. The number of aryl methyl sites for hydroxylation is 1. The summed E-state index contributed by atoms with van der Waals surface area (Å²) in [6, 6.07) is 7.99. The number of hydrogen-bond acceptors (Lipinski definition) is 3. The molecule has 1 aliphatic heterocycles. The van der Waals surface area contributed by atoms with Gasteiger partial charge in [-0.25, -0.2) is 0 Å². The Bertz CT molecular complexity index is 644. The minimum Gasteiger partial charge on any atom is -0.497 e. The summed E-state index contributed by atoms with van der Waals surface area (Å²) < 4.78 is 5.20. The van der Waals surface area contributed by atoms with Crippen molar-refractivity contribution in [3.05, 3.63) is 29.8 Å². The normalized spacial score (nSPS) is 23.9. The Labute approximate surface area is 168 Å². The number of carbonyl (C=O) groups excluding carboxylic acids is 2. The standard InChI is InChI=1S/C23H34N2O3/c1-28-19-13-10-18(11-14-19)12-15-22(26)25-17-7-3-2-6-16-24-23(27)20-8-4-5-9-21(20)25/h10-11,13-14,20-21H,2-9,12,15-17H2,1H3,(H,24,27)/t20-,21+/m1/s1. The lowest BCUT2D eigenvalue weighted by Crippen LogP contribution is -2.51. The van der Waals surface area contributed by atoms with Gasteiger partial charge in [0.1, 0.15) is 5.75 Å². The summed E-state index contributed by atoms with van der Waals surface area (Å²) in [4.78, 5) is 28.0. The second-order valence-corrected chi connectivity index (χ2v) is 8.10. The molecule has 2 atom stereocenters. The number of nitrogens with one attached hydrogen (secondary N) is 1. The highest BCUT2D eigenvalue weighted by atomic mass is 16.5. The molecule has 0 spiro atoms. The summed E-state index contributed by atoms with van der Waals surface area (Å²) in [5.74, 6) is 1.13. The van der Waals surface area contributed by atoms with Crippen molar-refractivity contribution >= 4 is 11.8 Å². The second kappa shape index (κ2) is 10.5. The first-order valence-corrected chi connectivity index (χ1v) is 10.9. The van der Waals surface area contributed by atoms with Crippen molar-refractivity contribution in [3.63, 3.8) is 0 Å². The largest absolute Gasteiger partial charge is 0.497 e. The lowest BCUT2D eigenvalue weighted by Gasteiger charge is -2.39. The lowest BCUT2D eigenvalue weighted by molar-refractivity contribution is -0.138. The molecule has 2 amide bonds. The number of nitrogens with zero attached hydrogens (tertiary/aromatic N) is 1. The van der Waals surface area contributed by atoms with E-state index < -0.39 is 0 Å². The molecule has 1 saturated carbocycles. The van der Waals surface area contributed by atoms with Gasteiger partial charge in [0.15, 0.2) is 0 Å². The van der Waals surface area contributed by atoms with Crippen LogP contribution in [-0.2, 0) is 16.0 Å². The van der Waals surface area contributed by atoms with Crippen LogP contribution in [0.1, 0.15) is 63.4 Å². The number of methoxy groups -OCH3 is 1. The summed E-state index contributed by atoms with van der Waals surface area (Å²) in [5.41, 5.74) is 1.14. The lowest BCUT2D eigenvalue weighted by atomic mass is 9.82. The van der Waals surface area contributed by atoms with Crippen molar-refractivity contribution in [3.8, 4) is 5.75 Å². The zero-order valence-corrected chi connectivity index (χ0v) is 17.1. The second-order valence-electron chi connectivity index (χ2n) is 8.10. The summed E-state index contributed by atoms with van der Waals surface area (Å²) in [7, 11) is 1.66. The number of amides is 2. The number of hydrogen-bond donors (Lipinski definition) is 1. The van der Waals surface area contributed by atoms with Gasteiger partial charge >= 0.3 is 0 Å². The topological polar surface area (TPSA) is 58.6 Å². The predicted octanol–water partition coefficient (Wildman–Crippen LogP) is 3.71. The molecule has 5 nitrogen and oxygen atoms in total. The summed E-state index contributed by atoms with van der Waals surface area (Å²) >= 11 is 0. The van der Waals surface area contributed by atoms with E-state index in [2.05, 4.69) is 10.2 Å². The molecule has 1 N–H and O–H groups in total. The molecule has 3 rings (SSSR count). The fraction of sp³-hybridized carbons (Fsp3) is 0.652. The van der Waals surface area contributed by atoms with E-state index in [-0.39, 0.29) is 23.8 Å². The van der Waals surface area contributed by atoms with Gasteiger partial charge in [0.05, 0.1) is 13.0 Å². The summed E-state index contributed by atoms with van der Waals surface area (Å²) in [5, 5.41) is 3.12. The Morgan fingerprint density at radius 3 is 2.61 bits per heavy atom. The summed E-state index contributed by atoms with van der Waals surface area (Å²) in [6.07, 6.45) is 9.57. The number of ether oxygens (including phenoxy) is 1. The number of carbonyl (C=O) groups is 2. The highest BCUT2D eigenvalue weighted by Crippen LogP contribution is 2.30. The van der Waals surface area contributed by atoms with E-state index >= 15 is 0 Å². The zero-order chi connectivity index (χ0) is 19.8. The molecule has 1 aromatic carbocycles. The van der Waals surface area contributed by atoms with Gasteiger partial charge in [-0.3, -0.25) is 9.59 Å². The van der Waals surface area contributed by atoms with Crippen molar-refractivity contribution < 1.29 is 14.3 Å². The van der Waals surface area contributed by atoms with E-state index in [0.29, 0.717) is 6.42 Å². The number of rotatable bonds is 4. The van der Waals surface area contributed by atoms with Gasteiger partial charge in [0, 0.05) is 25.6 Å². The molecule has 1 aromatic rings. The number of fused-ring (bicyclic) bond motifs is 1. The van der Waals surface area contributed by atoms with Crippen LogP contribution >= 0.6 is 0 Å². The van der Waals surface area contributed by atoms with Crippen LogP contribution in [0.25, 0.3) is 0 Å². The molecule has 2 fully saturated rings. The Balaban J connectivity index is 1.68. The van der Waals surface area contributed by atoms with Crippen molar-refractivity contribution in [2.24, 2.45) is 5.92 Å². The van der Waals surface area contributed by atoms with Crippen LogP contribution in [0.15, 0.2) is 24.3 Å². The third-order valence-electron chi connectivity index (χ3n) is 6.20. The molecule has 1 heterocycles. The van der Waals surface area contributed by atoms with Crippen molar-refractivity contribution in [2.75, 3.05) is 20.2 Å². The van der Waals surface area contributed by atoms with E-state index in [4.69, 9.17) is 4.74 Å².